The van der Waals surface area contributed by atoms with Gasteiger partial charge >= 0.3 is 5.97 Å². The van der Waals surface area contributed by atoms with Gasteiger partial charge in [0.15, 0.2) is 11.5 Å². The van der Waals surface area contributed by atoms with Crippen LogP contribution >= 0.6 is 35.0 Å². The van der Waals surface area contributed by atoms with Crippen LogP contribution in [0, 0.1) is 5.82 Å². The Labute approximate surface area is 183 Å². The zero-order chi connectivity index (χ0) is 21.4. The molecule has 0 amide bonds. The first-order valence-corrected chi connectivity index (χ1v) is 10.9. The zero-order valence-corrected chi connectivity index (χ0v) is 18.3. The summed E-state index contributed by atoms with van der Waals surface area (Å²) in [6.45, 7) is 0.158. The predicted octanol–water partition coefficient (Wildman–Crippen LogP) is 5.02. The van der Waals surface area contributed by atoms with Crippen LogP contribution in [0.1, 0.15) is 17.5 Å². The summed E-state index contributed by atoms with van der Waals surface area (Å²) >= 11 is 13.9. The second-order valence-corrected chi connectivity index (χ2v) is 7.94. The molecule has 0 heterocycles. The molecule has 0 aliphatic heterocycles. The van der Waals surface area contributed by atoms with Crippen molar-refractivity contribution >= 4 is 40.9 Å². The van der Waals surface area contributed by atoms with Crippen LogP contribution in [0.15, 0.2) is 30.3 Å². The second kappa shape index (κ2) is 11.5. The zero-order valence-electron chi connectivity index (χ0n) is 16.0. The summed E-state index contributed by atoms with van der Waals surface area (Å²) in [5, 5.41) is 13.0. The average Bonchev–Trinajstić information content (AvgIpc) is 2.68. The molecule has 2 rings (SSSR count). The minimum atomic E-state index is -0.913. The predicted molar refractivity (Wildman–Crippen MR) is 115 cm³/mol. The second-order valence-electron chi connectivity index (χ2n) is 6.14. The van der Waals surface area contributed by atoms with E-state index in [0.717, 1.165) is 5.75 Å². The quantitative estimate of drug-likeness (QED) is 0.489. The highest BCUT2D eigenvalue weighted by molar-refractivity contribution is 7.98. The van der Waals surface area contributed by atoms with Crippen molar-refractivity contribution in [3.8, 4) is 11.5 Å². The molecule has 0 aliphatic carbocycles. The van der Waals surface area contributed by atoms with Gasteiger partial charge in [-0.15, -0.1) is 0 Å². The van der Waals surface area contributed by atoms with E-state index in [1.807, 2.05) is 6.26 Å². The Bertz CT molecular complexity index is 833. The Morgan fingerprint density at radius 1 is 1.28 bits per heavy atom. The van der Waals surface area contributed by atoms with Gasteiger partial charge in [-0.1, -0.05) is 29.3 Å². The third-order valence-electron chi connectivity index (χ3n) is 4.21. The molecule has 0 bridgehead atoms. The van der Waals surface area contributed by atoms with E-state index in [2.05, 4.69) is 5.32 Å². The van der Waals surface area contributed by atoms with Gasteiger partial charge in [0, 0.05) is 23.2 Å². The largest absolute Gasteiger partial charge is 0.493 e. The molecule has 1 unspecified atom stereocenters. The van der Waals surface area contributed by atoms with Crippen molar-refractivity contribution in [1.82, 2.24) is 5.32 Å². The maximum Gasteiger partial charge on any atom is 0.320 e. The van der Waals surface area contributed by atoms with Gasteiger partial charge in [0.2, 0.25) is 0 Å². The topological polar surface area (TPSA) is 67.8 Å². The summed E-state index contributed by atoms with van der Waals surface area (Å²) in [6, 6.07) is 6.95. The molecule has 2 aromatic carbocycles. The van der Waals surface area contributed by atoms with Crippen molar-refractivity contribution in [3.05, 3.63) is 57.3 Å². The highest BCUT2D eigenvalue weighted by Crippen LogP contribution is 2.34. The fourth-order valence-electron chi connectivity index (χ4n) is 2.59. The molecule has 2 N–H and O–H groups in total. The first kappa shape index (κ1) is 23.6. The molecule has 1 atom stereocenters. The van der Waals surface area contributed by atoms with Crippen LogP contribution in [0.3, 0.4) is 0 Å². The Morgan fingerprint density at radius 3 is 2.66 bits per heavy atom. The third-order valence-corrected chi connectivity index (χ3v) is 5.56. The number of carboxylic acid groups (broad SMARTS) is 1. The van der Waals surface area contributed by atoms with Crippen LogP contribution in [0.25, 0.3) is 0 Å². The van der Waals surface area contributed by atoms with Gasteiger partial charge in [-0.25, -0.2) is 4.39 Å². The monoisotopic (exact) mass is 461 g/mol. The van der Waals surface area contributed by atoms with E-state index in [1.54, 1.807) is 30.0 Å². The van der Waals surface area contributed by atoms with Crippen LogP contribution in [0.4, 0.5) is 4.39 Å². The van der Waals surface area contributed by atoms with E-state index >= 15 is 0 Å². The first-order valence-electron chi connectivity index (χ1n) is 8.74. The standard InChI is InChI=1S/C20H22Cl2FNO4S/c1-27-18-8-12(10-24-17(20(25)26)6-7-29-2)15(22)9-19(18)28-11-13-14(21)4-3-5-16(13)23/h3-5,8-9,17,24H,6-7,10-11H2,1-2H3,(H,25,26). The highest BCUT2D eigenvalue weighted by Gasteiger charge is 2.18. The third kappa shape index (κ3) is 6.67. The number of ether oxygens (including phenoxy) is 2. The molecule has 0 fully saturated rings. The molecule has 29 heavy (non-hydrogen) atoms. The Morgan fingerprint density at radius 2 is 2.03 bits per heavy atom. The summed E-state index contributed by atoms with van der Waals surface area (Å²) in [5.41, 5.74) is 0.895. The van der Waals surface area contributed by atoms with Crippen molar-refractivity contribution in [2.75, 3.05) is 19.1 Å². The van der Waals surface area contributed by atoms with Gasteiger partial charge in [0.05, 0.1) is 12.1 Å². The number of nitrogens with one attached hydrogen (secondary N) is 1. The number of halogens is 3. The number of thioether (sulfide) groups is 1. The number of carbonyl (C=O) groups is 1. The van der Waals surface area contributed by atoms with Gasteiger partial charge in [-0.3, -0.25) is 4.79 Å². The Kier molecular flexibility index (Phi) is 9.36. The lowest BCUT2D eigenvalue weighted by Gasteiger charge is -2.17. The molecular weight excluding hydrogens is 440 g/mol. The number of carboxylic acids is 1. The summed E-state index contributed by atoms with van der Waals surface area (Å²) in [4.78, 5) is 11.4. The van der Waals surface area contributed by atoms with Crippen LogP contribution in [-0.4, -0.2) is 36.2 Å². The normalized spacial score (nSPS) is 11.9. The van der Waals surface area contributed by atoms with Gasteiger partial charge in [-0.2, -0.15) is 11.8 Å². The van der Waals surface area contributed by atoms with E-state index in [9.17, 15) is 14.3 Å². The van der Waals surface area contributed by atoms with Gasteiger partial charge in [0.25, 0.3) is 0 Å². The van der Waals surface area contributed by atoms with Crippen LogP contribution in [-0.2, 0) is 17.9 Å². The van der Waals surface area contributed by atoms with Gasteiger partial charge < -0.3 is 19.9 Å². The smallest absolute Gasteiger partial charge is 0.320 e. The summed E-state index contributed by atoms with van der Waals surface area (Å²) in [7, 11) is 1.47. The maximum absolute atomic E-state index is 13.9. The summed E-state index contributed by atoms with van der Waals surface area (Å²) in [6.07, 6.45) is 2.42. The van der Waals surface area contributed by atoms with E-state index in [0.29, 0.717) is 28.5 Å². The highest BCUT2D eigenvalue weighted by atomic mass is 35.5. The molecule has 9 heteroatoms. The molecule has 0 saturated carbocycles. The van der Waals surface area contributed by atoms with Crippen molar-refractivity contribution < 1.29 is 23.8 Å². The number of hydrogen-bond acceptors (Lipinski definition) is 5. The number of hydrogen-bond donors (Lipinski definition) is 2. The lowest BCUT2D eigenvalue weighted by atomic mass is 10.1. The van der Waals surface area contributed by atoms with Crippen molar-refractivity contribution in [2.45, 2.75) is 25.6 Å². The van der Waals surface area contributed by atoms with E-state index < -0.39 is 17.8 Å². The number of benzene rings is 2. The fraction of sp³-hybridized carbons (Fsp3) is 0.350. The number of aliphatic carboxylic acids is 1. The molecule has 0 aliphatic rings. The molecule has 0 spiro atoms. The van der Waals surface area contributed by atoms with Crippen LogP contribution < -0.4 is 14.8 Å². The van der Waals surface area contributed by atoms with Gasteiger partial charge in [-0.05, 0) is 42.2 Å². The molecule has 2 aromatic rings. The minimum Gasteiger partial charge on any atom is -0.493 e. The van der Waals surface area contributed by atoms with E-state index in [4.69, 9.17) is 32.7 Å². The lowest BCUT2D eigenvalue weighted by molar-refractivity contribution is -0.139. The number of methoxy groups -OCH3 is 1. The van der Waals surface area contributed by atoms with Crippen LogP contribution in [0.5, 0.6) is 11.5 Å². The molecule has 0 radical (unpaired) electrons. The van der Waals surface area contributed by atoms with E-state index in [1.165, 1.54) is 19.2 Å². The number of rotatable bonds is 11. The van der Waals surface area contributed by atoms with Crippen molar-refractivity contribution in [3.63, 3.8) is 0 Å². The summed E-state index contributed by atoms with van der Waals surface area (Å²) < 4.78 is 25.0. The average molecular weight is 462 g/mol. The minimum absolute atomic E-state index is 0.0917. The SMILES string of the molecule is COc1cc(CNC(CCSC)C(=O)O)c(Cl)cc1OCc1c(F)cccc1Cl. The molecule has 5 nitrogen and oxygen atoms in total. The molecular formula is C20H22Cl2FNO4S. The van der Waals surface area contributed by atoms with Crippen molar-refractivity contribution in [1.29, 1.82) is 0 Å². The van der Waals surface area contributed by atoms with E-state index in [-0.39, 0.29) is 23.7 Å². The van der Waals surface area contributed by atoms with Crippen LogP contribution in [0.2, 0.25) is 10.0 Å². The molecule has 158 valence electrons. The fourth-order valence-corrected chi connectivity index (χ4v) is 3.50. The Hall–Kier alpha value is -1.67. The molecule has 0 aromatic heterocycles. The van der Waals surface area contributed by atoms with Gasteiger partial charge in [0.1, 0.15) is 18.5 Å². The Balaban J connectivity index is 2.13. The lowest BCUT2D eigenvalue weighted by Crippen LogP contribution is -2.36. The van der Waals surface area contributed by atoms with Crippen molar-refractivity contribution in [2.24, 2.45) is 0 Å². The first-order chi connectivity index (χ1) is 13.9. The maximum atomic E-state index is 13.9. The summed E-state index contributed by atoms with van der Waals surface area (Å²) in [5.74, 6) is 0.0800. The molecule has 0 saturated heterocycles.